The van der Waals surface area contributed by atoms with Gasteiger partial charge in [-0.15, -0.1) is 0 Å². The highest BCUT2D eigenvalue weighted by Gasteiger charge is 2.04. The van der Waals surface area contributed by atoms with E-state index in [4.69, 9.17) is 4.74 Å². The van der Waals surface area contributed by atoms with Gasteiger partial charge in [0.25, 0.3) is 5.91 Å². The molecular weight excluding hydrogens is 302 g/mol. The van der Waals surface area contributed by atoms with E-state index in [1.807, 2.05) is 60.7 Å². The van der Waals surface area contributed by atoms with Crippen molar-refractivity contribution in [2.75, 3.05) is 6.61 Å². The Morgan fingerprint density at radius 2 is 1.71 bits per heavy atom. The smallest absolute Gasteiger partial charge is 0.258 e. The number of amides is 1. The Morgan fingerprint density at radius 1 is 0.917 bits per heavy atom. The summed E-state index contributed by atoms with van der Waals surface area (Å²) in [5.41, 5.74) is 2.55. The third kappa shape index (κ3) is 4.39. The summed E-state index contributed by atoms with van der Waals surface area (Å²) in [6, 6.07) is 18.8. The van der Waals surface area contributed by atoms with Gasteiger partial charge in [0.05, 0.1) is 11.4 Å². The van der Waals surface area contributed by atoms with Gasteiger partial charge in [-0.05, 0) is 35.9 Å². The lowest BCUT2D eigenvalue weighted by atomic mass is 10.2. The molecule has 1 aromatic carbocycles. The number of carbonyl (C=O) groups excluding carboxylic acids is 1. The highest BCUT2D eigenvalue weighted by atomic mass is 16.5. The molecule has 0 fully saturated rings. The largest absolute Gasteiger partial charge is 0.484 e. The second kappa shape index (κ2) is 7.87. The minimum atomic E-state index is -0.173. The average Bonchev–Trinajstić information content (AvgIpc) is 2.67. The summed E-state index contributed by atoms with van der Waals surface area (Å²) < 4.78 is 5.40. The molecule has 0 aliphatic heterocycles. The number of aromatic nitrogens is 2. The van der Waals surface area contributed by atoms with E-state index in [0.29, 0.717) is 12.3 Å². The van der Waals surface area contributed by atoms with Crippen LogP contribution in [0.4, 0.5) is 0 Å². The van der Waals surface area contributed by atoms with Crippen LogP contribution in [0.1, 0.15) is 5.56 Å². The molecule has 0 saturated heterocycles. The molecule has 0 aliphatic carbocycles. The molecule has 1 N–H and O–H groups in total. The quantitative estimate of drug-likeness (QED) is 0.759. The molecule has 24 heavy (non-hydrogen) atoms. The van der Waals surface area contributed by atoms with E-state index in [2.05, 4.69) is 15.3 Å². The van der Waals surface area contributed by atoms with Gasteiger partial charge in [-0.25, -0.2) is 0 Å². The molecule has 120 valence electrons. The van der Waals surface area contributed by atoms with Crippen LogP contribution in [0.25, 0.3) is 11.4 Å². The third-order valence-corrected chi connectivity index (χ3v) is 3.35. The van der Waals surface area contributed by atoms with Gasteiger partial charge in [0.15, 0.2) is 6.61 Å². The maximum absolute atomic E-state index is 11.8. The molecule has 5 nitrogen and oxygen atoms in total. The first-order valence-electron chi connectivity index (χ1n) is 7.62. The Hall–Kier alpha value is -3.21. The van der Waals surface area contributed by atoms with Gasteiger partial charge < -0.3 is 10.1 Å². The second-order valence-corrected chi connectivity index (χ2v) is 5.15. The first-order chi connectivity index (χ1) is 11.8. The van der Waals surface area contributed by atoms with Gasteiger partial charge in [-0.2, -0.15) is 0 Å². The molecule has 2 heterocycles. The van der Waals surface area contributed by atoms with Gasteiger partial charge >= 0.3 is 0 Å². The van der Waals surface area contributed by atoms with Crippen LogP contribution in [0.5, 0.6) is 5.75 Å². The summed E-state index contributed by atoms with van der Waals surface area (Å²) in [4.78, 5) is 20.4. The monoisotopic (exact) mass is 319 g/mol. The number of benzene rings is 1. The zero-order valence-electron chi connectivity index (χ0n) is 13.1. The molecular formula is C19H17N3O2. The summed E-state index contributed by atoms with van der Waals surface area (Å²) in [6.45, 7) is 0.399. The van der Waals surface area contributed by atoms with E-state index in [0.717, 1.165) is 17.0 Å². The second-order valence-electron chi connectivity index (χ2n) is 5.15. The van der Waals surface area contributed by atoms with Crippen LogP contribution in [0.3, 0.4) is 0 Å². The first kappa shape index (κ1) is 15.7. The fraction of sp³-hybridized carbons (Fsp3) is 0.105. The maximum Gasteiger partial charge on any atom is 0.258 e. The van der Waals surface area contributed by atoms with Crippen molar-refractivity contribution in [3.8, 4) is 17.1 Å². The standard InChI is InChI=1S/C19H17N3O2/c23-19(14-24-16-6-2-1-3-7-16)22-13-15-9-10-18(21-12-15)17-8-4-5-11-20-17/h1-12H,13-14H2,(H,22,23). The molecule has 0 unspecified atom stereocenters. The summed E-state index contributed by atoms with van der Waals surface area (Å²) in [5, 5.41) is 2.81. The average molecular weight is 319 g/mol. The zero-order chi connectivity index (χ0) is 16.6. The van der Waals surface area contributed by atoms with Crippen LogP contribution in [0.15, 0.2) is 73.1 Å². The van der Waals surface area contributed by atoms with Gasteiger partial charge in [-0.1, -0.05) is 30.3 Å². The summed E-state index contributed by atoms with van der Waals surface area (Å²) in [7, 11) is 0. The van der Waals surface area contributed by atoms with Crippen molar-refractivity contribution >= 4 is 5.91 Å². The van der Waals surface area contributed by atoms with Gasteiger partial charge in [0, 0.05) is 18.9 Å². The van der Waals surface area contributed by atoms with E-state index >= 15 is 0 Å². The lowest BCUT2D eigenvalue weighted by Gasteiger charge is -2.08. The minimum Gasteiger partial charge on any atom is -0.484 e. The number of para-hydroxylation sites is 1. The van der Waals surface area contributed by atoms with Crippen molar-refractivity contribution in [2.24, 2.45) is 0 Å². The first-order valence-corrected chi connectivity index (χ1v) is 7.62. The van der Waals surface area contributed by atoms with E-state index in [1.165, 1.54) is 0 Å². The number of hydrogen-bond acceptors (Lipinski definition) is 4. The van der Waals surface area contributed by atoms with E-state index in [-0.39, 0.29) is 12.5 Å². The maximum atomic E-state index is 11.8. The van der Waals surface area contributed by atoms with Gasteiger partial charge in [0.1, 0.15) is 5.75 Å². The highest BCUT2D eigenvalue weighted by molar-refractivity contribution is 5.77. The molecule has 0 atom stereocenters. The fourth-order valence-corrected chi connectivity index (χ4v) is 2.11. The normalized spacial score (nSPS) is 10.2. The summed E-state index contributed by atoms with van der Waals surface area (Å²) in [6.07, 6.45) is 3.47. The number of carbonyl (C=O) groups is 1. The molecule has 1 amide bonds. The molecule has 0 saturated carbocycles. The van der Waals surface area contributed by atoms with Crippen LogP contribution in [0, 0.1) is 0 Å². The lowest BCUT2D eigenvalue weighted by Crippen LogP contribution is -2.28. The van der Waals surface area contributed by atoms with Crippen LogP contribution in [0.2, 0.25) is 0 Å². The number of pyridine rings is 2. The third-order valence-electron chi connectivity index (χ3n) is 3.35. The predicted molar refractivity (Wildman–Crippen MR) is 91.3 cm³/mol. The topological polar surface area (TPSA) is 64.1 Å². The van der Waals surface area contributed by atoms with Crippen molar-refractivity contribution in [1.29, 1.82) is 0 Å². The van der Waals surface area contributed by atoms with Gasteiger partial charge in [0.2, 0.25) is 0 Å². The number of nitrogens with zero attached hydrogens (tertiary/aromatic N) is 2. The molecule has 0 bridgehead atoms. The Balaban J connectivity index is 1.49. The Kier molecular flexibility index (Phi) is 5.14. The van der Waals surface area contributed by atoms with Crippen molar-refractivity contribution < 1.29 is 9.53 Å². The minimum absolute atomic E-state index is 0.0105. The van der Waals surface area contributed by atoms with Crippen LogP contribution < -0.4 is 10.1 Å². The summed E-state index contributed by atoms with van der Waals surface area (Å²) in [5.74, 6) is 0.502. The number of rotatable bonds is 6. The van der Waals surface area contributed by atoms with Crippen molar-refractivity contribution in [3.63, 3.8) is 0 Å². The fourth-order valence-electron chi connectivity index (χ4n) is 2.11. The number of ether oxygens (including phenoxy) is 1. The predicted octanol–water partition coefficient (Wildman–Crippen LogP) is 2.84. The van der Waals surface area contributed by atoms with Crippen molar-refractivity contribution in [2.45, 2.75) is 6.54 Å². The molecule has 0 aliphatic rings. The van der Waals surface area contributed by atoms with Crippen LogP contribution in [-0.4, -0.2) is 22.5 Å². The van der Waals surface area contributed by atoms with E-state index < -0.39 is 0 Å². The van der Waals surface area contributed by atoms with Crippen molar-refractivity contribution in [1.82, 2.24) is 15.3 Å². The summed E-state index contributed by atoms with van der Waals surface area (Å²) >= 11 is 0. The van der Waals surface area contributed by atoms with Crippen LogP contribution in [-0.2, 0) is 11.3 Å². The molecule has 3 aromatic rings. The zero-order valence-corrected chi connectivity index (χ0v) is 13.1. The van der Waals surface area contributed by atoms with Crippen LogP contribution >= 0.6 is 0 Å². The number of hydrogen-bond donors (Lipinski definition) is 1. The van der Waals surface area contributed by atoms with E-state index in [9.17, 15) is 4.79 Å². The highest BCUT2D eigenvalue weighted by Crippen LogP contribution is 2.13. The lowest BCUT2D eigenvalue weighted by molar-refractivity contribution is -0.123. The molecule has 3 rings (SSSR count). The molecule has 5 heteroatoms. The Morgan fingerprint density at radius 3 is 2.42 bits per heavy atom. The SMILES string of the molecule is O=C(COc1ccccc1)NCc1ccc(-c2ccccn2)nc1. The Bertz CT molecular complexity index is 775. The van der Waals surface area contributed by atoms with E-state index in [1.54, 1.807) is 12.4 Å². The molecule has 0 radical (unpaired) electrons. The molecule has 0 spiro atoms. The van der Waals surface area contributed by atoms with Gasteiger partial charge in [-0.3, -0.25) is 14.8 Å². The molecule has 2 aromatic heterocycles. The Labute approximate surface area is 140 Å². The van der Waals surface area contributed by atoms with Crippen molar-refractivity contribution in [3.05, 3.63) is 78.6 Å². The number of nitrogens with one attached hydrogen (secondary N) is 1.